The maximum absolute atomic E-state index is 4.55. The van der Waals surface area contributed by atoms with Crippen LogP contribution in [0.25, 0.3) is 0 Å². The molecule has 0 aromatic carbocycles. The molecule has 0 aromatic rings. The maximum Gasteiger partial charge on any atom is 0.0254 e. The molecule has 0 amide bonds. The maximum atomic E-state index is 4.55. The number of likely N-dealkylation sites (tertiary alicyclic amines) is 1. The molecule has 2 nitrogen and oxygen atoms in total. The highest BCUT2D eigenvalue weighted by molar-refractivity contribution is 7.80. The zero-order chi connectivity index (χ0) is 11.8. The molecule has 1 saturated heterocycles. The number of thiol groups is 1. The van der Waals surface area contributed by atoms with Crippen molar-refractivity contribution >= 4 is 12.6 Å². The smallest absolute Gasteiger partial charge is 0.0254 e. The molecular formula is C13H26N2S. The lowest BCUT2D eigenvalue weighted by Gasteiger charge is -2.43. The predicted octanol–water partition coefficient (Wildman–Crippen LogP) is 1.97. The van der Waals surface area contributed by atoms with E-state index in [1.165, 1.54) is 38.9 Å². The van der Waals surface area contributed by atoms with Gasteiger partial charge in [0.05, 0.1) is 0 Å². The third-order valence-electron chi connectivity index (χ3n) is 4.62. The Kier molecular flexibility index (Phi) is 3.87. The van der Waals surface area contributed by atoms with E-state index in [4.69, 9.17) is 0 Å². The van der Waals surface area contributed by atoms with Crippen molar-refractivity contribution < 1.29 is 0 Å². The standard InChI is InChI=1S/C13H26N2S/c1-11-7-15(8-12(11)14(2)3)9-13(10-16)5-4-6-13/h11-12,16H,4-10H2,1-3H3. The minimum atomic E-state index is 0.560. The molecule has 2 rings (SSSR count). The summed E-state index contributed by atoms with van der Waals surface area (Å²) in [5.41, 5.74) is 0.560. The first-order chi connectivity index (χ1) is 7.56. The van der Waals surface area contributed by atoms with E-state index >= 15 is 0 Å². The van der Waals surface area contributed by atoms with Crippen molar-refractivity contribution in [1.82, 2.24) is 9.80 Å². The molecule has 3 heteroatoms. The molecule has 2 aliphatic rings. The van der Waals surface area contributed by atoms with Crippen molar-refractivity contribution in [2.75, 3.05) is 39.5 Å². The molecule has 1 heterocycles. The summed E-state index contributed by atoms with van der Waals surface area (Å²) in [5, 5.41) is 0. The molecule has 2 atom stereocenters. The summed E-state index contributed by atoms with van der Waals surface area (Å²) in [6, 6.07) is 0.747. The van der Waals surface area contributed by atoms with E-state index in [0.29, 0.717) is 5.41 Å². The van der Waals surface area contributed by atoms with Crippen LogP contribution in [-0.2, 0) is 0 Å². The molecule has 0 spiro atoms. The molecule has 1 aliphatic carbocycles. The minimum Gasteiger partial charge on any atom is -0.305 e. The monoisotopic (exact) mass is 242 g/mol. The summed E-state index contributed by atoms with van der Waals surface area (Å²) in [4.78, 5) is 5.06. The summed E-state index contributed by atoms with van der Waals surface area (Å²) >= 11 is 4.55. The largest absolute Gasteiger partial charge is 0.305 e. The quantitative estimate of drug-likeness (QED) is 0.753. The number of hydrogen-bond donors (Lipinski definition) is 1. The summed E-state index contributed by atoms with van der Waals surface area (Å²) in [7, 11) is 4.42. The van der Waals surface area contributed by atoms with Crippen LogP contribution in [-0.4, -0.2) is 55.3 Å². The van der Waals surface area contributed by atoms with Crippen LogP contribution < -0.4 is 0 Å². The topological polar surface area (TPSA) is 6.48 Å². The molecule has 94 valence electrons. The summed E-state index contributed by atoms with van der Waals surface area (Å²) in [6.07, 6.45) is 4.21. The normalized spacial score (nSPS) is 34.3. The number of likely N-dealkylation sites (N-methyl/N-ethyl adjacent to an activating group) is 1. The highest BCUT2D eigenvalue weighted by Gasteiger charge is 2.40. The van der Waals surface area contributed by atoms with Crippen LogP contribution in [0.1, 0.15) is 26.2 Å². The van der Waals surface area contributed by atoms with Gasteiger partial charge in [-0.15, -0.1) is 0 Å². The van der Waals surface area contributed by atoms with E-state index in [1.54, 1.807) is 0 Å². The SMILES string of the molecule is CC1CN(CC2(CS)CCC2)CC1N(C)C. The second kappa shape index (κ2) is 4.87. The fourth-order valence-corrected chi connectivity index (χ4v) is 3.78. The van der Waals surface area contributed by atoms with Crippen LogP contribution in [0.3, 0.4) is 0 Å². The Balaban J connectivity index is 1.88. The Morgan fingerprint density at radius 1 is 1.31 bits per heavy atom. The van der Waals surface area contributed by atoms with Crippen molar-refractivity contribution in [2.45, 2.75) is 32.2 Å². The molecule has 16 heavy (non-hydrogen) atoms. The highest BCUT2D eigenvalue weighted by atomic mass is 32.1. The van der Waals surface area contributed by atoms with Gasteiger partial charge in [-0.2, -0.15) is 12.6 Å². The van der Waals surface area contributed by atoms with Gasteiger partial charge in [-0.1, -0.05) is 13.3 Å². The van der Waals surface area contributed by atoms with Crippen molar-refractivity contribution in [1.29, 1.82) is 0 Å². The second-order valence-electron chi connectivity index (χ2n) is 6.21. The van der Waals surface area contributed by atoms with E-state index in [0.717, 1.165) is 17.7 Å². The van der Waals surface area contributed by atoms with Crippen LogP contribution in [0.5, 0.6) is 0 Å². The molecule has 1 saturated carbocycles. The summed E-state index contributed by atoms with van der Waals surface area (Å²) in [5.74, 6) is 1.89. The van der Waals surface area contributed by atoms with E-state index in [2.05, 4.69) is 43.4 Å². The predicted molar refractivity (Wildman–Crippen MR) is 73.2 cm³/mol. The zero-order valence-corrected chi connectivity index (χ0v) is 11.8. The van der Waals surface area contributed by atoms with Gasteiger partial charge in [0, 0.05) is 25.7 Å². The Morgan fingerprint density at radius 3 is 2.38 bits per heavy atom. The molecule has 0 aromatic heterocycles. The lowest BCUT2D eigenvalue weighted by atomic mass is 9.70. The zero-order valence-electron chi connectivity index (χ0n) is 10.9. The van der Waals surface area contributed by atoms with Gasteiger partial charge in [0.2, 0.25) is 0 Å². The van der Waals surface area contributed by atoms with Crippen molar-refractivity contribution in [3.63, 3.8) is 0 Å². The van der Waals surface area contributed by atoms with Gasteiger partial charge in [0.15, 0.2) is 0 Å². The van der Waals surface area contributed by atoms with Gasteiger partial charge in [0.25, 0.3) is 0 Å². The van der Waals surface area contributed by atoms with Gasteiger partial charge >= 0.3 is 0 Å². The van der Waals surface area contributed by atoms with Crippen LogP contribution in [0.4, 0.5) is 0 Å². The first kappa shape index (κ1) is 12.7. The lowest BCUT2D eigenvalue weighted by Crippen LogP contribution is -2.43. The van der Waals surface area contributed by atoms with Gasteiger partial charge in [0.1, 0.15) is 0 Å². The lowest BCUT2D eigenvalue weighted by molar-refractivity contribution is 0.0996. The Morgan fingerprint density at radius 2 is 2.00 bits per heavy atom. The molecule has 1 aliphatic heterocycles. The second-order valence-corrected chi connectivity index (χ2v) is 6.53. The van der Waals surface area contributed by atoms with Crippen molar-refractivity contribution in [3.05, 3.63) is 0 Å². The summed E-state index contributed by atoms with van der Waals surface area (Å²) in [6.45, 7) is 6.20. The van der Waals surface area contributed by atoms with Crippen LogP contribution in [0, 0.1) is 11.3 Å². The van der Waals surface area contributed by atoms with Crippen LogP contribution >= 0.6 is 12.6 Å². The van der Waals surface area contributed by atoms with Crippen molar-refractivity contribution in [3.8, 4) is 0 Å². The number of nitrogens with zero attached hydrogens (tertiary/aromatic N) is 2. The third kappa shape index (κ3) is 2.41. The Hall–Kier alpha value is 0.270. The van der Waals surface area contributed by atoms with Gasteiger partial charge in [-0.3, -0.25) is 0 Å². The fourth-order valence-electron chi connectivity index (χ4n) is 3.37. The minimum absolute atomic E-state index is 0.560. The highest BCUT2D eigenvalue weighted by Crippen LogP contribution is 2.43. The molecule has 2 unspecified atom stereocenters. The molecule has 0 radical (unpaired) electrons. The van der Waals surface area contributed by atoms with Crippen LogP contribution in [0.15, 0.2) is 0 Å². The van der Waals surface area contributed by atoms with Gasteiger partial charge in [-0.05, 0) is 44.0 Å². The van der Waals surface area contributed by atoms with Gasteiger partial charge in [-0.25, -0.2) is 0 Å². The van der Waals surface area contributed by atoms with E-state index in [9.17, 15) is 0 Å². The molecule has 0 N–H and O–H groups in total. The fraction of sp³-hybridized carbons (Fsp3) is 1.00. The summed E-state index contributed by atoms with van der Waals surface area (Å²) < 4.78 is 0. The average molecular weight is 242 g/mol. The molecular weight excluding hydrogens is 216 g/mol. The number of hydrogen-bond acceptors (Lipinski definition) is 3. The molecule has 2 fully saturated rings. The first-order valence-corrected chi connectivity index (χ1v) is 7.19. The Labute approximate surface area is 106 Å². The van der Waals surface area contributed by atoms with Crippen molar-refractivity contribution in [2.24, 2.45) is 11.3 Å². The Bertz CT molecular complexity index is 233. The van der Waals surface area contributed by atoms with E-state index < -0.39 is 0 Å². The molecule has 0 bridgehead atoms. The first-order valence-electron chi connectivity index (χ1n) is 6.56. The third-order valence-corrected chi connectivity index (χ3v) is 5.29. The van der Waals surface area contributed by atoms with Crippen LogP contribution in [0.2, 0.25) is 0 Å². The van der Waals surface area contributed by atoms with Gasteiger partial charge < -0.3 is 9.80 Å². The van der Waals surface area contributed by atoms with E-state index in [-0.39, 0.29) is 0 Å². The number of rotatable bonds is 4. The average Bonchev–Trinajstić information content (AvgIpc) is 2.53. The van der Waals surface area contributed by atoms with E-state index in [1.807, 2.05) is 0 Å².